The summed E-state index contributed by atoms with van der Waals surface area (Å²) in [4.78, 5) is 19.7. The van der Waals surface area contributed by atoms with E-state index in [0.29, 0.717) is 0 Å². The number of nitro groups is 2. The Hall–Kier alpha value is -2.77. The first-order chi connectivity index (χ1) is 8.06. The number of rotatable bonds is 5. The molecule has 0 heterocycles. The van der Waals surface area contributed by atoms with Crippen LogP contribution in [0.4, 0.5) is 17.1 Å². The van der Waals surface area contributed by atoms with Gasteiger partial charge in [-0.25, -0.2) is 0 Å². The highest BCUT2D eigenvalue weighted by Gasteiger charge is 2.18. The Balaban J connectivity index is 3.12. The molecule has 8 nitrogen and oxygen atoms in total. The zero-order valence-electron chi connectivity index (χ0n) is 8.57. The van der Waals surface area contributed by atoms with E-state index in [1.54, 1.807) is 0 Å². The van der Waals surface area contributed by atoms with Crippen LogP contribution in [0.25, 0.3) is 0 Å². The lowest BCUT2D eigenvalue weighted by Crippen LogP contribution is -1.98. The average Bonchev–Trinajstić information content (AvgIpc) is 2.29. The Morgan fingerprint density at radius 2 is 2.00 bits per heavy atom. The predicted molar refractivity (Wildman–Crippen MR) is 62.1 cm³/mol. The van der Waals surface area contributed by atoms with Gasteiger partial charge in [-0.3, -0.25) is 25.7 Å². The van der Waals surface area contributed by atoms with Gasteiger partial charge in [-0.05, 0) is 12.1 Å². The Kier molecular flexibility index (Phi) is 3.87. The highest BCUT2D eigenvalue weighted by atomic mass is 16.6. The molecule has 0 saturated carbocycles. The molecule has 0 aromatic heterocycles. The van der Waals surface area contributed by atoms with Gasteiger partial charge in [0, 0.05) is 12.3 Å². The number of hydrogen-bond donors (Lipinski definition) is 1. The molecule has 88 valence electrons. The van der Waals surface area contributed by atoms with Gasteiger partial charge in [-0.1, -0.05) is 6.58 Å². The molecule has 0 amide bonds. The van der Waals surface area contributed by atoms with Crippen LogP contribution in [-0.4, -0.2) is 16.1 Å². The van der Waals surface area contributed by atoms with E-state index in [1.165, 1.54) is 18.4 Å². The first kappa shape index (κ1) is 12.3. The highest BCUT2D eigenvalue weighted by molar-refractivity contribution is 5.72. The molecule has 0 aliphatic rings. The van der Waals surface area contributed by atoms with Crippen LogP contribution in [0.15, 0.2) is 36.0 Å². The van der Waals surface area contributed by atoms with Crippen molar-refractivity contribution in [2.75, 3.05) is 5.43 Å². The molecule has 0 spiro atoms. The van der Waals surface area contributed by atoms with Crippen molar-refractivity contribution >= 4 is 23.3 Å². The molecule has 0 atom stereocenters. The molecule has 1 N–H and O–H groups in total. The quantitative estimate of drug-likeness (QED) is 0.478. The van der Waals surface area contributed by atoms with Crippen molar-refractivity contribution in [1.29, 1.82) is 0 Å². The summed E-state index contributed by atoms with van der Waals surface area (Å²) >= 11 is 0. The second-order valence-corrected chi connectivity index (χ2v) is 2.84. The summed E-state index contributed by atoms with van der Waals surface area (Å²) in [5, 5.41) is 24.8. The maximum absolute atomic E-state index is 10.7. The molecule has 0 unspecified atom stereocenters. The fourth-order valence-corrected chi connectivity index (χ4v) is 1.04. The van der Waals surface area contributed by atoms with Crippen molar-refractivity contribution in [1.82, 2.24) is 0 Å². The molecule has 0 radical (unpaired) electrons. The highest BCUT2D eigenvalue weighted by Crippen LogP contribution is 2.28. The van der Waals surface area contributed by atoms with E-state index in [0.717, 1.165) is 12.1 Å². The van der Waals surface area contributed by atoms with Crippen LogP contribution in [0.2, 0.25) is 0 Å². The molecule has 0 fully saturated rings. The molecule has 0 bridgehead atoms. The maximum Gasteiger partial charge on any atom is 0.301 e. The van der Waals surface area contributed by atoms with E-state index in [2.05, 4.69) is 17.1 Å². The van der Waals surface area contributed by atoms with Gasteiger partial charge in [0.05, 0.1) is 15.9 Å². The van der Waals surface area contributed by atoms with E-state index in [9.17, 15) is 20.2 Å². The third kappa shape index (κ3) is 3.09. The van der Waals surface area contributed by atoms with Crippen LogP contribution in [0.5, 0.6) is 0 Å². The molecule has 0 aliphatic carbocycles. The molecule has 1 aromatic carbocycles. The second kappa shape index (κ2) is 5.35. The molecular formula is C9H8N4O4. The van der Waals surface area contributed by atoms with E-state index in [4.69, 9.17) is 0 Å². The van der Waals surface area contributed by atoms with Gasteiger partial charge in [0.15, 0.2) is 0 Å². The Morgan fingerprint density at radius 1 is 1.29 bits per heavy atom. The number of nitrogens with one attached hydrogen (secondary N) is 1. The van der Waals surface area contributed by atoms with Crippen molar-refractivity contribution in [3.05, 3.63) is 51.1 Å². The normalized spacial score (nSPS) is 10.1. The van der Waals surface area contributed by atoms with Gasteiger partial charge in [-0.2, -0.15) is 5.10 Å². The van der Waals surface area contributed by atoms with Crippen LogP contribution in [0, 0.1) is 20.2 Å². The number of hydrogen-bond acceptors (Lipinski definition) is 6. The minimum absolute atomic E-state index is 0.0682. The predicted octanol–water partition coefficient (Wildman–Crippen LogP) is 2.09. The van der Waals surface area contributed by atoms with Gasteiger partial charge in [0.25, 0.3) is 5.69 Å². The van der Waals surface area contributed by atoms with Crippen molar-refractivity contribution in [3.8, 4) is 0 Å². The van der Waals surface area contributed by atoms with E-state index in [-0.39, 0.29) is 11.4 Å². The monoisotopic (exact) mass is 236 g/mol. The number of allylic oxidation sites excluding steroid dienone is 1. The minimum atomic E-state index is -0.723. The fraction of sp³-hybridized carbons (Fsp3) is 0. The summed E-state index contributed by atoms with van der Waals surface area (Å²) in [7, 11) is 0. The summed E-state index contributed by atoms with van der Waals surface area (Å²) < 4.78 is 0. The first-order valence-corrected chi connectivity index (χ1v) is 4.39. The SMILES string of the molecule is C=C/C=N/Nc1ccc([N+](=O)[O-])cc1[N+](=O)[O-]. The van der Waals surface area contributed by atoms with E-state index < -0.39 is 15.5 Å². The average molecular weight is 236 g/mol. The summed E-state index contributed by atoms with van der Waals surface area (Å²) in [6, 6.07) is 3.24. The summed E-state index contributed by atoms with van der Waals surface area (Å²) in [5.41, 5.74) is 1.70. The smallest absolute Gasteiger partial charge is 0.272 e. The number of nitro benzene ring substituents is 2. The molecule has 17 heavy (non-hydrogen) atoms. The standard InChI is InChI=1S/C9H8N4O4/c1-2-5-10-11-8-4-3-7(12(14)15)6-9(8)13(16)17/h2-6,11H,1H2/b10-5+. The number of non-ortho nitro benzene ring substituents is 1. The molecule has 1 aromatic rings. The van der Waals surface area contributed by atoms with Crippen LogP contribution in [-0.2, 0) is 0 Å². The van der Waals surface area contributed by atoms with Gasteiger partial charge in [-0.15, -0.1) is 0 Å². The minimum Gasteiger partial charge on any atom is -0.272 e. The molecular weight excluding hydrogens is 228 g/mol. The molecule has 1 rings (SSSR count). The van der Waals surface area contributed by atoms with E-state index in [1.807, 2.05) is 0 Å². The lowest BCUT2D eigenvalue weighted by Gasteiger charge is -2.01. The number of hydrazone groups is 1. The fourth-order valence-electron chi connectivity index (χ4n) is 1.04. The van der Waals surface area contributed by atoms with Gasteiger partial charge in [0.1, 0.15) is 5.69 Å². The van der Waals surface area contributed by atoms with Crippen LogP contribution in [0.1, 0.15) is 0 Å². The van der Waals surface area contributed by atoms with Crippen molar-refractivity contribution < 1.29 is 9.85 Å². The summed E-state index contributed by atoms with van der Waals surface area (Å²) in [6.45, 7) is 3.37. The zero-order chi connectivity index (χ0) is 12.8. The third-order valence-corrected chi connectivity index (χ3v) is 1.75. The summed E-state index contributed by atoms with van der Waals surface area (Å²) in [6.07, 6.45) is 2.68. The lowest BCUT2D eigenvalue weighted by atomic mass is 10.2. The van der Waals surface area contributed by atoms with Crippen molar-refractivity contribution in [2.45, 2.75) is 0 Å². The number of benzene rings is 1. The Labute approximate surface area is 95.6 Å². The van der Waals surface area contributed by atoms with E-state index >= 15 is 0 Å². The summed E-state index contributed by atoms with van der Waals surface area (Å²) in [5.74, 6) is 0. The Bertz CT molecular complexity index is 498. The Morgan fingerprint density at radius 3 is 2.53 bits per heavy atom. The molecule has 0 aliphatic heterocycles. The molecule has 0 saturated heterocycles. The topological polar surface area (TPSA) is 111 Å². The number of anilines is 1. The van der Waals surface area contributed by atoms with Crippen LogP contribution in [0.3, 0.4) is 0 Å². The first-order valence-electron chi connectivity index (χ1n) is 4.39. The van der Waals surface area contributed by atoms with Crippen LogP contribution < -0.4 is 5.43 Å². The largest absolute Gasteiger partial charge is 0.301 e. The second-order valence-electron chi connectivity index (χ2n) is 2.84. The van der Waals surface area contributed by atoms with Crippen molar-refractivity contribution in [2.24, 2.45) is 5.10 Å². The zero-order valence-corrected chi connectivity index (χ0v) is 8.57. The van der Waals surface area contributed by atoms with Crippen LogP contribution >= 0.6 is 0 Å². The third-order valence-electron chi connectivity index (χ3n) is 1.75. The number of nitrogens with zero attached hydrogens (tertiary/aromatic N) is 3. The van der Waals surface area contributed by atoms with Crippen molar-refractivity contribution in [3.63, 3.8) is 0 Å². The lowest BCUT2D eigenvalue weighted by molar-refractivity contribution is -0.393. The van der Waals surface area contributed by atoms with Gasteiger partial charge >= 0.3 is 5.69 Å². The molecule has 8 heteroatoms. The van der Waals surface area contributed by atoms with Gasteiger partial charge < -0.3 is 0 Å². The maximum atomic E-state index is 10.7. The van der Waals surface area contributed by atoms with Gasteiger partial charge in [0.2, 0.25) is 0 Å².